The minimum atomic E-state index is -3.99. The van der Waals surface area contributed by atoms with E-state index in [1.807, 2.05) is 42.5 Å². The molecule has 0 spiro atoms. The minimum Gasteiger partial charge on any atom is -0.379 e. The molecule has 30 heavy (non-hydrogen) atoms. The van der Waals surface area contributed by atoms with Crippen molar-refractivity contribution in [1.82, 2.24) is 0 Å². The van der Waals surface area contributed by atoms with Gasteiger partial charge in [0.2, 0.25) is 0 Å². The van der Waals surface area contributed by atoms with E-state index >= 15 is 0 Å². The van der Waals surface area contributed by atoms with Gasteiger partial charge in [0.05, 0.1) is 0 Å². The van der Waals surface area contributed by atoms with Crippen molar-refractivity contribution in [2.24, 2.45) is 0 Å². The number of rotatable bonds is 3. The van der Waals surface area contributed by atoms with Gasteiger partial charge in [-0.3, -0.25) is 0 Å². The third kappa shape index (κ3) is 2.99. The first kappa shape index (κ1) is 18.9. The number of benzene rings is 5. The molecule has 4 heteroatoms. The molecule has 0 aliphatic heterocycles. The van der Waals surface area contributed by atoms with E-state index in [4.69, 9.17) is 4.18 Å². The monoisotopic (exact) mass is 414 g/mol. The fourth-order valence-corrected chi connectivity index (χ4v) is 5.24. The lowest BCUT2D eigenvalue weighted by Crippen LogP contribution is -2.12. The second-order valence-electron chi connectivity index (χ2n) is 8.73. The van der Waals surface area contributed by atoms with E-state index in [0.29, 0.717) is 11.1 Å². The molecule has 0 radical (unpaired) electrons. The molecule has 0 saturated carbocycles. The highest BCUT2D eigenvalue weighted by Gasteiger charge is 2.22. The largest absolute Gasteiger partial charge is 0.379 e. The molecule has 5 aromatic rings. The Kier molecular flexibility index (Phi) is 4.06. The van der Waals surface area contributed by atoms with Crippen molar-refractivity contribution >= 4 is 42.4 Å². The lowest BCUT2D eigenvalue weighted by atomic mass is 9.87. The van der Waals surface area contributed by atoms with Crippen molar-refractivity contribution in [3.63, 3.8) is 0 Å². The summed E-state index contributed by atoms with van der Waals surface area (Å²) >= 11 is 0. The van der Waals surface area contributed by atoms with E-state index < -0.39 is 10.1 Å². The molecule has 0 fully saturated rings. The molecule has 0 bridgehead atoms. The van der Waals surface area contributed by atoms with E-state index in [0.717, 1.165) is 32.5 Å². The maximum absolute atomic E-state index is 13.2. The Labute approximate surface area is 176 Å². The number of hydrogen-bond acceptors (Lipinski definition) is 3. The average molecular weight is 415 g/mol. The second kappa shape index (κ2) is 6.44. The van der Waals surface area contributed by atoms with E-state index in [9.17, 15) is 8.42 Å². The van der Waals surface area contributed by atoms with Crippen molar-refractivity contribution in [2.75, 3.05) is 0 Å². The van der Waals surface area contributed by atoms with E-state index in [1.165, 1.54) is 0 Å². The summed E-state index contributed by atoms with van der Waals surface area (Å²) in [6.45, 7) is 6.35. The lowest BCUT2D eigenvalue weighted by Gasteiger charge is -2.19. The van der Waals surface area contributed by atoms with Gasteiger partial charge in [0.1, 0.15) is 10.6 Å². The predicted molar refractivity (Wildman–Crippen MR) is 123 cm³/mol. The van der Waals surface area contributed by atoms with Gasteiger partial charge in [0.15, 0.2) is 0 Å². The summed E-state index contributed by atoms with van der Waals surface area (Å²) in [5, 5.41) is 5.93. The average Bonchev–Trinajstić information content (AvgIpc) is 2.71. The fourth-order valence-electron chi connectivity index (χ4n) is 4.11. The molecule has 0 aliphatic rings. The van der Waals surface area contributed by atoms with Crippen LogP contribution < -0.4 is 4.18 Å². The molecule has 0 heterocycles. The van der Waals surface area contributed by atoms with Gasteiger partial charge in [-0.25, -0.2) is 0 Å². The highest BCUT2D eigenvalue weighted by atomic mass is 32.2. The molecule has 0 amide bonds. The molecule has 0 aromatic heterocycles. The normalized spacial score (nSPS) is 12.8. The molecule has 0 saturated heterocycles. The van der Waals surface area contributed by atoms with Crippen molar-refractivity contribution in [2.45, 2.75) is 31.1 Å². The minimum absolute atomic E-state index is 0.0104. The molecule has 3 nitrogen and oxygen atoms in total. The van der Waals surface area contributed by atoms with Crippen LogP contribution in [0.15, 0.2) is 83.8 Å². The summed E-state index contributed by atoms with van der Waals surface area (Å²) < 4.78 is 31.9. The third-order valence-corrected chi connectivity index (χ3v) is 6.99. The predicted octanol–water partition coefficient (Wildman–Crippen LogP) is 6.65. The maximum Gasteiger partial charge on any atom is 0.339 e. The van der Waals surface area contributed by atoms with Crippen LogP contribution in [0.5, 0.6) is 5.75 Å². The van der Waals surface area contributed by atoms with Crippen molar-refractivity contribution < 1.29 is 12.6 Å². The lowest BCUT2D eigenvalue weighted by molar-refractivity contribution is 0.486. The first-order chi connectivity index (χ1) is 14.2. The van der Waals surface area contributed by atoms with E-state index in [1.54, 1.807) is 18.2 Å². The molecular formula is C26H22O3S. The maximum atomic E-state index is 13.2. The van der Waals surface area contributed by atoms with Crippen LogP contribution >= 0.6 is 0 Å². The van der Waals surface area contributed by atoms with Crippen molar-refractivity contribution in [1.29, 1.82) is 0 Å². The van der Waals surface area contributed by atoms with Crippen molar-refractivity contribution in [3.05, 3.63) is 84.4 Å². The SMILES string of the molecule is CC(C)(C)c1ccc(OS(=O)(=O)c2ccc3ccc4cccc5ccc2c3c45)cc1. The summed E-state index contributed by atoms with van der Waals surface area (Å²) in [6.07, 6.45) is 0. The van der Waals surface area contributed by atoms with Crippen LogP contribution in [0, 0.1) is 0 Å². The van der Waals surface area contributed by atoms with Gasteiger partial charge in [-0.15, -0.1) is 0 Å². The van der Waals surface area contributed by atoms with Gasteiger partial charge in [0, 0.05) is 5.39 Å². The highest BCUT2D eigenvalue weighted by molar-refractivity contribution is 7.87. The van der Waals surface area contributed by atoms with Crippen LogP contribution in [-0.4, -0.2) is 8.42 Å². The fraction of sp³-hybridized carbons (Fsp3) is 0.154. The molecule has 0 unspecified atom stereocenters. The first-order valence-electron chi connectivity index (χ1n) is 9.96. The zero-order valence-electron chi connectivity index (χ0n) is 17.1. The zero-order chi connectivity index (χ0) is 21.1. The van der Waals surface area contributed by atoms with Gasteiger partial charge in [-0.1, -0.05) is 81.4 Å². The Morgan fingerprint density at radius 3 is 1.87 bits per heavy atom. The molecule has 0 N–H and O–H groups in total. The Morgan fingerprint density at radius 1 is 0.667 bits per heavy atom. The van der Waals surface area contributed by atoms with Crippen LogP contribution in [0.4, 0.5) is 0 Å². The zero-order valence-corrected chi connectivity index (χ0v) is 18.0. The Morgan fingerprint density at radius 2 is 1.23 bits per heavy atom. The van der Waals surface area contributed by atoms with Crippen LogP contribution in [-0.2, 0) is 15.5 Å². The molecular weight excluding hydrogens is 392 g/mol. The van der Waals surface area contributed by atoms with E-state index in [-0.39, 0.29) is 10.3 Å². The molecule has 150 valence electrons. The number of hydrogen-bond donors (Lipinski definition) is 0. The van der Waals surface area contributed by atoms with Crippen LogP contribution in [0.3, 0.4) is 0 Å². The smallest absolute Gasteiger partial charge is 0.339 e. The Bertz CT molecular complexity index is 1480. The summed E-state index contributed by atoms with van der Waals surface area (Å²) in [5.41, 5.74) is 1.11. The summed E-state index contributed by atoms with van der Waals surface area (Å²) in [4.78, 5) is 0.188. The third-order valence-electron chi connectivity index (χ3n) is 5.68. The molecule has 5 aromatic carbocycles. The standard InChI is InChI=1S/C26H22O3S/c1-26(2,3)20-11-13-21(14-12-20)29-30(27,28)23-16-10-19-8-7-17-5-4-6-18-9-15-22(23)25(19)24(17)18/h4-16H,1-3H3. The van der Waals surface area contributed by atoms with Gasteiger partial charge >= 0.3 is 10.1 Å². The molecule has 0 atom stereocenters. The van der Waals surface area contributed by atoms with Gasteiger partial charge in [-0.2, -0.15) is 8.42 Å². The summed E-state index contributed by atoms with van der Waals surface area (Å²) in [5.74, 6) is 0.314. The first-order valence-corrected chi connectivity index (χ1v) is 11.4. The molecule has 5 rings (SSSR count). The second-order valence-corrected chi connectivity index (χ2v) is 10.2. The van der Waals surface area contributed by atoms with Crippen LogP contribution in [0.1, 0.15) is 26.3 Å². The quantitative estimate of drug-likeness (QED) is 0.245. The van der Waals surface area contributed by atoms with Gasteiger partial charge < -0.3 is 4.18 Å². The van der Waals surface area contributed by atoms with Gasteiger partial charge in [0.25, 0.3) is 0 Å². The summed E-state index contributed by atoms with van der Waals surface area (Å²) in [7, 11) is -3.99. The van der Waals surface area contributed by atoms with Crippen LogP contribution in [0.25, 0.3) is 32.3 Å². The highest BCUT2D eigenvalue weighted by Crippen LogP contribution is 2.38. The topological polar surface area (TPSA) is 43.4 Å². The van der Waals surface area contributed by atoms with Crippen LogP contribution in [0.2, 0.25) is 0 Å². The van der Waals surface area contributed by atoms with Gasteiger partial charge in [-0.05, 0) is 56.1 Å². The van der Waals surface area contributed by atoms with E-state index in [2.05, 4.69) is 39.0 Å². The summed E-state index contributed by atoms with van der Waals surface area (Å²) in [6, 6.07) is 24.8. The van der Waals surface area contributed by atoms with Crippen molar-refractivity contribution in [3.8, 4) is 5.75 Å². The Balaban J connectivity index is 1.64. The Hall–Kier alpha value is -3.11. The molecule has 0 aliphatic carbocycles.